The Balaban J connectivity index is 1.58. The fourth-order valence-corrected chi connectivity index (χ4v) is 5.90. The Kier molecular flexibility index (Phi) is 8.17. The molecule has 0 saturated carbocycles. The van der Waals surface area contributed by atoms with Crippen molar-refractivity contribution < 1.29 is 31.7 Å². The molecule has 5 rings (SSSR count). The number of methoxy groups -OCH3 is 1. The van der Waals surface area contributed by atoms with Crippen LogP contribution in [-0.4, -0.2) is 33.4 Å². The molecule has 4 amide bonds. The number of benzene rings is 4. The molecule has 4 aromatic carbocycles. The van der Waals surface area contributed by atoms with E-state index in [4.69, 9.17) is 20.5 Å². The van der Waals surface area contributed by atoms with Crippen molar-refractivity contribution in [1.29, 1.82) is 0 Å². The number of halogens is 2. The number of rotatable bonds is 7. The lowest BCUT2D eigenvalue weighted by atomic mass is 10.0. The Morgan fingerprint density at radius 1 is 0.786 bits per heavy atom. The van der Waals surface area contributed by atoms with E-state index in [1.54, 1.807) is 60.7 Å². The van der Waals surface area contributed by atoms with Gasteiger partial charge in [-0.05, 0) is 88.2 Å². The van der Waals surface area contributed by atoms with Crippen LogP contribution in [0.1, 0.15) is 5.56 Å². The Labute approximate surface area is 254 Å². The van der Waals surface area contributed by atoms with Crippen molar-refractivity contribution in [2.75, 3.05) is 16.9 Å². The standard InChI is InChI=1S/C30H20BrClN2O7S/c1-40-26-18-19(17-25(31)27(26)41-42(38,39)23-14-12-20(32)13-15-23)16-24-28(35)33(21-8-4-2-5-9-21)30(37)34(29(24)36)22-10-6-3-7-11-22/h2-18H,1H3. The number of amides is 4. The highest BCUT2D eigenvalue weighted by Gasteiger charge is 2.43. The molecule has 0 bridgehead atoms. The summed E-state index contributed by atoms with van der Waals surface area (Å²) in [7, 11) is -2.96. The Morgan fingerprint density at radius 2 is 1.31 bits per heavy atom. The maximum absolute atomic E-state index is 13.6. The summed E-state index contributed by atoms with van der Waals surface area (Å²) in [5.74, 6) is -1.81. The molecule has 1 aliphatic heterocycles. The van der Waals surface area contributed by atoms with E-state index in [-0.39, 0.29) is 37.8 Å². The molecule has 0 radical (unpaired) electrons. The third kappa shape index (κ3) is 5.67. The van der Waals surface area contributed by atoms with E-state index in [9.17, 15) is 22.8 Å². The van der Waals surface area contributed by atoms with E-state index < -0.39 is 28.0 Å². The van der Waals surface area contributed by atoms with Crippen molar-refractivity contribution in [2.45, 2.75) is 4.90 Å². The molecule has 0 unspecified atom stereocenters. The third-order valence-corrected chi connectivity index (χ3v) is 8.21. The number of carbonyl (C=O) groups is 3. The zero-order chi connectivity index (χ0) is 30.0. The Hall–Kier alpha value is -4.45. The van der Waals surface area contributed by atoms with Gasteiger partial charge < -0.3 is 8.92 Å². The topological polar surface area (TPSA) is 110 Å². The molecule has 212 valence electrons. The van der Waals surface area contributed by atoms with Gasteiger partial charge >= 0.3 is 16.1 Å². The molecule has 1 heterocycles. The van der Waals surface area contributed by atoms with Crippen LogP contribution in [0.25, 0.3) is 6.08 Å². The van der Waals surface area contributed by atoms with Crippen molar-refractivity contribution in [3.63, 3.8) is 0 Å². The van der Waals surface area contributed by atoms with Gasteiger partial charge in [0, 0.05) is 5.02 Å². The van der Waals surface area contributed by atoms with Crippen LogP contribution in [0.2, 0.25) is 5.02 Å². The van der Waals surface area contributed by atoms with Crippen molar-refractivity contribution in [3.05, 3.63) is 118 Å². The monoisotopic (exact) mass is 666 g/mol. The lowest BCUT2D eigenvalue weighted by Gasteiger charge is -2.34. The fourth-order valence-electron chi connectivity index (χ4n) is 4.17. The Bertz CT molecular complexity index is 1770. The van der Waals surface area contributed by atoms with E-state index in [1.165, 1.54) is 49.6 Å². The quantitative estimate of drug-likeness (QED) is 0.126. The normalized spacial score (nSPS) is 13.8. The number of para-hydroxylation sites is 2. The number of ether oxygens (including phenoxy) is 1. The fraction of sp³-hybridized carbons (Fsp3) is 0.0333. The van der Waals surface area contributed by atoms with Crippen molar-refractivity contribution in [1.82, 2.24) is 0 Å². The minimum atomic E-state index is -4.27. The summed E-state index contributed by atoms with van der Waals surface area (Å²) in [5.41, 5.74) is 0.546. The summed E-state index contributed by atoms with van der Waals surface area (Å²) in [6, 6.07) is 23.9. The maximum atomic E-state index is 13.6. The molecule has 9 nitrogen and oxygen atoms in total. The van der Waals surface area contributed by atoms with Gasteiger partial charge in [-0.2, -0.15) is 8.42 Å². The third-order valence-electron chi connectivity index (χ3n) is 6.14. The lowest BCUT2D eigenvalue weighted by molar-refractivity contribution is -0.121. The van der Waals surface area contributed by atoms with Crippen LogP contribution < -0.4 is 18.7 Å². The minimum absolute atomic E-state index is 0.000350. The van der Waals surface area contributed by atoms with E-state index in [0.717, 1.165) is 9.80 Å². The molecule has 1 aliphatic rings. The highest BCUT2D eigenvalue weighted by atomic mass is 79.9. The van der Waals surface area contributed by atoms with Crippen LogP contribution in [0.5, 0.6) is 11.5 Å². The van der Waals surface area contributed by atoms with Gasteiger partial charge in [0.25, 0.3) is 11.8 Å². The molecule has 42 heavy (non-hydrogen) atoms. The van der Waals surface area contributed by atoms with Crippen LogP contribution in [0.15, 0.2) is 112 Å². The van der Waals surface area contributed by atoms with Crippen LogP contribution in [0.4, 0.5) is 16.2 Å². The first-order valence-corrected chi connectivity index (χ1v) is 14.8. The van der Waals surface area contributed by atoms with Crippen molar-refractivity contribution in [3.8, 4) is 11.5 Å². The second-order valence-corrected chi connectivity index (χ2v) is 11.7. The molecule has 12 heteroatoms. The first-order chi connectivity index (χ1) is 20.1. The molecule has 0 aromatic heterocycles. The van der Waals surface area contributed by atoms with Crippen molar-refractivity contribution >= 4 is 72.9 Å². The van der Waals surface area contributed by atoms with Gasteiger partial charge in [0.1, 0.15) is 10.5 Å². The van der Waals surface area contributed by atoms with Crippen LogP contribution in [0.3, 0.4) is 0 Å². The summed E-state index contributed by atoms with van der Waals surface area (Å²) in [5, 5.41) is 0.357. The zero-order valence-electron chi connectivity index (χ0n) is 21.7. The summed E-state index contributed by atoms with van der Waals surface area (Å²) in [6.07, 6.45) is 1.30. The predicted molar refractivity (Wildman–Crippen MR) is 161 cm³/mol. The number of urea groups is 1. The first kappa shape index (κ1) is 29.1. The van der Waals surface area contributed by atoms with E-state index in [0.29, 0.717) is 10.6 Å². The second-order valence-electron chi connectivity index (χ2n) is 8.82. The zero-order valence-corrected chi connectivity index (χ0v) is 24.9. The number of anilines is 2. The predicted octanol–water partition coefficient (Wildman–Crippen LogP) is 6.46. The molecular formula is C30H20BrClN2O7S. The van der Waals surface area contributed by atoms with Crippen molar-refractivity contribution in [2.24, 2.45) is 0 Å². The number of nitrogens with zero attached hydrogens (tertiary/aromatic N) is 2. The minimum Gasteiger partial charge on any atom is -0.493 e. The molecule has 0 N–H and O–H groups in total. The van der Waals surface area contributed by atoms with Gasteiger partial charge in [0.2, 0.25) is 0 Å². The number of hydrogen-bond donors (Lipinski definition) is 0. The average Bonchev–Trinajstić information content (AvgIpc) is 2.98. The number of barbiturate groups is 1. The molecule has 0 aliphatic carbocycles. The number of carbonyl (C=O) groups excluding carboxylic acids is 3. The molecule has 0 spiro atoms. The van der Waals surface area contributed by atoms with Crippen LogP contribution >= 0.6 is 27.5 Å². The summed E-state index contributed by atoms with van der Waals surface area (Å²) >= 11 is 9.18. The molecule has 1 saturated heterocycles. The van der Waals surface area contributed by atoms with E-state index in [1.807, 2.05) is 0 Å². The highest BCUT2D eigenvalue weighted by Crippen LogP contribution is 2.40. The van der Waals surface area contributed by atoms with Gasteiger partial charge in [-0.15, -0.1) is 0 Å². The molecular weight excluding hydrogens is 648 g/mol. The van der Waals surface area contributed by atoms with Gasteiger partial charge in [-0.25, -0.2) is 14.6 Å². The summed E-state index contributed by atoms with van der Waals surface area (Å²) in [6.45, 7) is 0. The lowest BCUT2D eigenvalue weighted by Crippen LogP contribution is -2.57. The second kappa shape index (κ2) is 11.8. The van der Waals surface area contributed by atoms with Gasteiger partial charge in [-0.1, -0.05) is 48.0 Å². The SMILES string of the molecule is COc1cc(C=C2C(=O)N(c3ccccc3)C(=O)N(c3ccccc3)C2=O)cc(Br)c1OS(=O)(=O)c1ccc(Cl)cc1. The molecule has 0 atom stereocenters. The maximum Gasteiger partial charge on any atom is 0.343 e. The highest BCUT2D eigenvalue weighted by molar-refractivity contribution is 9.10. The first-order valence-electron chi connectivity index (χ1n) is 12.2. The van der Waals surface area contributed by atoms with E-state index in [2.05, 4.69) is 15.9 Å². The largest absolute Gasteiger partial charge is 0.493 e. The smallest absolute Gasteiger partial charge is 0.343 e. The van der Waals surface area contributed by atoms with Crippen LogP contribution in [-0.2, 0) is 19.7 Å². The number of imide groups is 2. The van der Waals surface area contributed by atoms with Crippen LogP contribution in [0, 0.1) is 0 Å². The Morgan fingerprint density at radius 3 is 1.81 bits per heavy atom. The van der Waals surface area contributed by atoms with Gasteiger partial charge in [-0.3, -0.25) is 9.59 Å². The molecule has 1 fully saturated rings. The average molecular weight is 668 g/mol. The van der Waals surface area contributed by atoms with Gasteiger partial charge in [0.15, 0.2) is 11.5 Å². The van der Waals surface area contributed by atoms with E-state index >= 15 is 0 Å². The van der Waals surface area contributed by atoms with Gasteiger partial charge in [0.05, 0.1) is 23.0 Å². The summed E-state index contributed by atoms with van der Waals surface area (Å²) < 4.78 is 36.7. The number of hydrogen-bond acceptors (Lipinski definition) is 7. The summed E-state index contributed by atoms with van der Waals surface area (Å²) in [4.78, 5) is 42.5. The molecule has 4 aromatic rings.